The smallest absolute Gasteiger partial charge is 0.329 e. The van der Waals surface area contributed by atoms with Gasteiger partial charge in [-0.15, -0.1) is 0 Å². The van der Waals surface area contributed by atoms with Gasteiger partial charge in [0.2, 0.25) is 0 Å². The van der Waals surface area contributed by atoms with E-state index in [9.17, 15) is 14.4 Å². The Morgan fingerprint density at radius 3 is 2.26 bits per heavy atom. The van der Waals surface area contributed by atoms with Crippen molar-refractivity contribution in [2.75, 3.05) is 5.32 Å². The lowest BCUT2D eigenvalue weighted by molar-refractivity contribution is -0.136. The molecule has 38 heavy (non-hydrogen) atoms. The second-order valence-electron chi connectivity index (χ2n) is 8.47. The van der Waals surface area contributed by atoms with E-state index in [-0.39, 0.29) is 5.69 Å². The third-order valence-corrected chi connectivity index (χ3v) is 6.17. The summed E-state index contributed by atoms with van der Waals surface area (Å²) < 4.78 is 8.79. The number of carbonyl (C=O) groups excluding carboxylic acids is 2. The van der Waals surface area contributed by atoms with Gasteiger partial charge in [0.1, 0.15) is 18.0 Å². The minimum absolute atomic E-state index is 0.0198. The predicted octanol–water partition coefficient (Wildman–Crippen LogP) is 4.20. The van der Waals surface area contributed by atoms with Gasteiger partial charge in [0, 0.05) is 12.1 Å². The minimum atomic E-state index is -1.00. The second-order valence-corrected chi connectivity index (χ2v) is 8.90. The van der Waals surface area contributed by atoms with Crippen LogP contribution in [0.2, 0.25) is 5.02 Å². The van der Waals surface area contributed by atoms with Gasteiger partial charge in [0.25, 0.3) is 5.56 Å². The van der Waals surface area contributed by atoms with Crippen LogP contribution in [0.3, 0.4) is 0 Å². The van der Waals surface area contributed by atoms with Crippen LogP contribution in [0.5, 0.6) is 5.75 Å². The molecule has 0 fully saturated rings. The number of para-hydroxylation sites is 1. The largest absolute Gasteiger partial charge is 0.489 e. The molecule has 3 aromatic carbocycles. The summed E-state index contributed by atoms with van der Waals surface area (Å²) in [5, 5.41) is 7.10. The summed E-state index contributed by atoms with van der Waals surface area (Å²) in [6.07, 6.45) is 0. The molecule has 1 heterocycles. The number of aromatic nitrogens is 2. The molecule has 0 atom stereocenters. The van der Waals surface area contributed by atoms with Crippen LogP contribution in [0.4, 0.5) is 5.69 Å². The summed E-state index contributed by atoms with van der Waals surface area (Å²) in [7, 11) is 1.70. The Labute approximate surface area is 224 Å². The van der Waals surface area contributed by atoms with Crippen molar-refractivity contribution in [3.05, 3.63) is 111 Å². The normalized spacial score (nSPS) is 11.2. The zero-order valence-corrected chi connectivity index (χ0v) is 21.8. The highest BCUT2D eigenvalue weighted by molar-refractivity contribution is 6.39. The number of hydrazone groups is 1. The molecule has 0 saturated heterocycles. The first-order chi connectivity index (χ1) is 18.2. The predicted molar refractivity (Wildman–Crippen MR) is 147 cm³/mol. The standard InChI is InChI=1S/C28H26ClN5O4/c1-18(21-11-15-24(16-12-21)38-17-20-9-13-22(29)14-10-20)31-32-27(36)26(35)30-25-19(2)33(3)34(28(25)37)23-7-5-4-6-8-23/h4-16H,17H2,1-3H3,(H,30,35)(H,32,36)/b31-18+. The fourth-order valence-corrected chi connectivity index (χ4v) is 3.80. The van der Waals surface area contributed by atoms with E-state index in [2.05, 4.69) is 15.8 Å². The van der Waals surface area contributed by atoms with Crippen molar-refractivity contribution in [1.29, 1.82) is 0 Å². The molecule has 1 aromatic heterocycles. The Morgan fingerprint density at radius 2 is 1.61 bits per heavy atom. The van der Waals surface area contributed by atoms with Crippen LogP contribution in [0.15, 0.2) is 88.8 Å². The van der Waals surface area contributed by atoms with E-state index in [0.29, 0.717) is 34.5 Å². The Kier molecular flexibility index (Phi) is 8.08. The Morgan fingerprint density at radius 1 is 0.947 bits per heavy atom. The molecule has 10 heteroatoms. The van der Waals surface area contributed by atoms with Crippen LogP contribution in [-0.4, -0.2) is 26.9 Å². The van der Waals surface area contributed by atoms with Crippen molar-refractivity contribution < 1.29 is 14.3 Å². The molecule has 0 aliphatic rings. The summed E-state index contributed by atoms with van der Waals surface area (Å²) in [4.78, 5) is 37.8. The number of halogens is 1. The van der Waals surface area contributed by atoms with E-state index >= 15 is 0 Å². The number of benzene rings is 3. The van der Waals surface area contributed by atoms with Crippen LogP contribution >= 0.6 is 11.6 Å². The quantitative estimate of drug-likeness (QED) is 0.212. The molecule has 0 aliphatic heterocycles. The third-order valence-electron chi connectivity index (χ3n) is 5.91. The van der Waals surface area contributed by atoms with Gasteiger partial charge < -0.3 is 10.1 Å². The summed E-state index contributed by atoms with van der Waals surface area (Å²) in [6.45, 7) is 3.77. The third kappa shape index (κ3) is 6.01. The molecule has 194 valence electrons. The number of amides is 2. The molecule has 9 nitrogen and oxygen atoms in total. The molecule has 2 amide bonds. The van der Waals surface area contributed by atoms with Crippen LogP contribution in [0.25, 0.3) is 5.69 Å². The molecule has 4 aromatic rings. The lowest BCUT2D eigenvalue weighted by atomic mass is 10.1. The Balaban J connectivity index is 1.36. The summed E-state index contributed by atoms with van der Waals surface area (Å²) in [5.74, 6) is -1.33. The number of hydrogen-bond acceptors (Lipinski definition) is 5. The average molecular weight is 532 g/mol. The molecule has 4 rings (SSSR count). The molecule has 2 N–H and O–H groups in total. The van der Waals surface area contributed by atoms with Crippen LogP contribution in [0.1, 0.15) is 23.7 Å². The molecule has 0 spiro atoms. The summed E-state index contributed by atoms with van der Waals surface area (Å²) >= 11 is 5.90. The molecular formula is C28H26ClN5O4. The fraction of sp³-hybridized carbons (Fsp3) is 0.143. The van der Waals surface area contributed by atoms with Gasteiger partial charge in [0.15, 0.2) is 0 Å². The molecule has 0 unspecified atom stereocenters. The van der Waals surface area contributed by atoms with Gasteiger partial charge >= 0.3 is 11.8 Å². The van der Waals surface area contributed by atoms with Crippen molar-refractivity contribution in [3.8, 4) is 11.4 Å². The first-order valence-corrected chi connectivity index (χ1v) is 12.1. The van der Waals surface area contributed by atoms with E-state index in [4.69, 9.17) is 16.3 Å². The number of hydrogen-bond donors (Lipinski definition) is 2. The second kappa shape index (κ2) is 11.6. The SMILES string of the molecule is C/C(=N\NC(=O)C(=O)Nc1c(C)n(C)n(-c2ccccc2)c1=O)c1ccc(OCc2ccc(Cl)cc2)cc1. The molecular weight excluding hydrogens is 506 g/mol. The number of ether oxygens (including phenoxy) is 1. The van der Waals surface area contributed by atoms with E-state index in [1.165, 1.54) is 4.68 Å². The number of anilines is 1. The van der Waals surface area contributed by atoms with Crippen molar-refractivity contribution in [3.63, 3.8) is 0 Å². The summed E-state index contributed by atoms with van der Waals surface area (Å²) in [5.41, 5.74) is 5.14. The van der Waals surface area contributed by atoms with Gasteiger partial charge in [-0.1, -0.05) is 41.9 Å². The maximum Gasteiger partial charge on any atom is 0.329 e. The maximum absolute atomic E-state index is 12.9. The van der Waals surface area contributed by atoms with E-state index in [1.807, 2.05) is 18.2 Å². The fourth-order valence-electron chi connectivity index (χ4n) is 3.67. The Bertz CT molecular complexity index is 1540. The van der Waals surface area contributed by atoms with Gasteiger partial charge in [-0.25, -0.2) is 10.1 Å². The average Bonchev–Trinajstić information content (AvgIpc) is 3.14. The number of nitrogens with one attached hydrogen (secondary N) is 2. The lowest BCUT2D eigenvalue weighted by Crippen LogP contribution is -2.34. The molecule has 0 radical (unpaired) electrons. The van der Waals surface area contributed by atoms with Gasteiger partial charge in [0.05, 0.1) is 17.1 Å². The topological polar surface area (TPSA) is 107 Å². The zero-order valence-electron chi connectivity index (χ0n) is 21.1. The first-order valence-electron chi connectivity index (χ1n) is 11.7. The van der Waals surface area contributed by atoms with E-state index < -0.39 is 17.4 Å². The Hall–Kier alpha value is -4.63. The lowest BCUT2D eigenvalue weighted by Gasteiger charge is -2.08. The van der Waals surface area contributed by atoms with Gasteiger partial charge in [-0.2, -0.15) is 5.10 Å². The van der Waals surface area contributed by atoms with Gasteiger partial charge in [-0.05, 0) is 73.5 Å². The van der Waals surface area contributed by atoms with Crippen molar-refractivity contribution in [2.24, 2.45) is 12.1 Å². The highest BCUT2D eigenvalue weighted by Crippen LogP contribution is 2.17. The minimum Gasteiger partial charge on any atom is -0.489 e. The van der Waals surface area contributed by atoms with Crippen molar-refractivity contribution >= 4 is 34.8 Å². The van der Waals surface area contributed by atoms with Crippen LogP contribution in [-0.2, 0) is 23.2 Å². The number of carbonyl (C=O) groups is 2. The highest BCUT2D eigenvalue weighted by atomic mass is 35.5. The monoisotopic (exact) mass is 531 g/mol. The molecule has 0 saturated carbocycles. The van der Waals surface area contributed by atoms with E-state index in [0.717, 1.165) is 11.1 Å². The van der Waals surface area contributed by atoms with Crippen LogP contribution < -0.4 is 21.0 Å². The van der Waals surface area contributed by atoms with Crippen molar-refractivity contribution in [1.82, 2.24) is 14.8 Å². The van der Waals surface area contributed by atoms with Crippen molar-refractivity contribution in [2.45, 2.75) is 20.5 Å². The number of rotatable bonds is 7. The van der Waals surface area contributed by atoms with Gasteiger partial charge in [-0.3, -0.25) is 19.1 Å². The first kappa shape index (κ1) is 26.4. The number of nitrogens with zero attached hydrogens (tertiary/aromatic N) is 3. The highest BCUT2D eigenvalue weighted by Gasteiger charge is 2.21. The molecule has 0 bridgehead atoms. The van der Waals surface area contributed by atoms with Crippen LogP contribution in [0, 0.1) is 6.92 Å². The molecule has 0 aliphatic carbocycles. The zero-order chi connectivity index (χ0) is 27.2. The summed E-state index contributed by atoms with van der Waals surface area (Å²) in [6, 6.07) is 23.5. The maximum atomic E-state index is 12.9. The van der Waals surface area contributed by atoms with E-state index in [1.54, 1.807) is 86.2 Å².